The molecule has 6 aromatic rings. The van der Waals surface area contributed by atoms with Crippen molar-refractivity contribution in [1.82, 2.24) is 9.97 Å². The van der Waals surface area contributed by atoms with Crippen molar-refractivity contribution in [3.63, 3.8) is 0 Å². The van der Waals surface area contributed by atoms with Gasteiger partial charge < -0.3 is 14.8 Å². The van der Waals surface area contributed by atoms with E-state index in [1.165, 1.54) is 19.2 Å². The maximum atomic E-state index is 11.9. The van der Waals surface area contributed by atoms with Gasteiger partial charge in [-0.1, -0.05) is 35.4 Å². The number of H-pyrrole nitrogens is 1. The first-order valence-corrected chi connectivity index (χ1v) is 16.3. The lowest BCUT2D eigenvalue weighted by molar-refractivity contribution is -0.432. The molecule has 50 heavy (non-hydrogen) atoms. The Labute approximate surface area is 285 Å². The Morgan fingerprint density at radius 3 is 2.36 bits per heavy atom. The van der Waals surface area contributed by atoms with Gasteiger partial charge in [-0.15, -0.1) is 19.7 Å². The molecule has 0 atom stereocenters. The third-order valence-electron chi connectivity index (χ3n) is 7.34. The number of phenols is 1. The van der Waals surface area contributed by atoms with Gasteiger partial charge in [0.15, 0.2) is 5.75 Å². The smallest absolute Gasteiger partial charge is 0.297 e. The highest BCUT2D eigenvalue weighted by Gasteiger charge is 2.21. The molecule has 6 rings (SSSR count). The SMILES string of the molecule is COc1cc(/N=N/c2ccc([N+](=O)[O-])cc2S(=O)(=O)O)c(C)cc1/N=N/c1c(SOOO)cc2c(ccc3nc(-c4ccccc4)[nH]c32)c1O. The minimum atomic E-state index is -4.87. The van der Waals surface area contributed by atoms with Crippen LogP contribution in [0.5, 0.6) is 11.5 Å². The number of nitrogens with zero attached hydrogens (tertiary/aromatic N) is 6. The van der Waals surface area contributed by atoms with Crippen molar-refractivity contribution in [2.75, 3.05) is 7.11 Å². The number of aromatic nitrogens is 2. The molecule has 0 bridgehead atoms. The van der Waals surface area contributed by atoms with E-state index in [1.54, 1.807) is 25.1 Å². The first-order valence-electron chi connectivity index (χ1n) is 14.1. The van der Waals surface area contributed by atoms with Crippen LogP contribution in [-0.4, -0.2) is 45.3 Å². The van der Waals surface area contributed by atoms with E-state index in [1.807, 2.05) is 30.3 Å². The Balaban J connectivity index is 1.38. The second-order valence-electron chi connectivity index (χ2n) is 10.4. The molecule has 0 amide bonds. The third kappa shape index (κ3) is 6.85. The van der Waals surface area contributed by atoms with Gasteiger partial charge in [-0.3, -0.25) is 14.7 Å². The number of hydrogen-bond donors (Lipinski definition) is 4. The Morgan fingerprint density at radius 1 is 0.920 bits per heavy atom. The molecule has 19 heteroatoms. The summed E-state index contributed by atoms with van der Waals surface area (Å²) in [7, 11) is -3.51. The summed E-state index contributed by atoms with van der Waals surface area (Å²) in [6.07, 6.45) is 0. The van der Waals surface area contributed by atoms with Gasteiger partial charge in [0, 0.05) is 34.5 Å². The number of ether oxygens (including phenoxy) is 1. The Bertz CT molecular complexity index is 2450. The Hall–Kier alpha value is -5.83. The number of nitro groups is 1. The van der Waals surface area contributed by atoms with Gasteiger partial charge >= 0.3 is 0 Å². The zero-order valence-electron chi connectivity index (χ0n) is 25.7. The maximum absolute atomic E-state index is 11.9. The van der Waals surface area contributed by atoms with Crippen LogP contribution in [0.4, 0.5) is 28.4 Å². The van der Waals surface area contributed by atoms with Gasteiger partial charge in [0.1, 0.15) is 33.5 Å². The van der Waals surface area contributed by atoms with E-state index in [-0.39, 0.29) is 39.1 Å². The molecule has 0 spiro atoms. The summed E-state index contributed by atoms with van der Waals surface area (Å²) in [5.41, 5.74) is 2.09. The highest BCUT2D eigenvalue weighted by molar-refractivity contribution is 7.94. The summed E-state index contributed by atoms with van der Waals surface area (Å²) < 4.78 is 43.5. The summed E-state index contributed by atoms with van der Waals surface area (Å²) in [5, 5.41) is 52.7. The topological polar surface area (TPSA) is 244 Å². The zero-order valence-corrected chi connectivity index (χ0v) is 27.3. The number of nitro benzene ring substituents is 1. The summed E-state index contributed by atoms with van der Waals surface area (Å²) in [4.78, 5) is 17.7. The summed E-state index contributed by atoms with van der Waals surface area (Å²) >= 11 is 0.571. The summed E-state index contributed by atoms with van der Waals surface area (Å²) in [5.74, 6) is 0.522. The highest BCUT2D eigenvalue weighted by atomic mass is 32.2. The first kappa shape index (κ1) is 34.0. The molecule has 254 valence electrons. The molecular weight excluding hydrogens is 695 g/mol. The average molecular weight is 718 g/mol. The van der Waals surface area contributed by atoms with Crippen molar-refractivity contribution in [3.8, 4) is 22.9 Å². The number of aromatic hydroxyl groups is 1. The van der Waals surface area contributed by atoms with Crippen molar-refractivity contribution in [2.45, 2.75) is 16.7 Å². The number of aromatic amines is 1. The average Bonchev–Trinajstić information content (AvgIpc) is 3.55. The number of imidazole rings is 1. The van der Waals surface area contributed by atoms with Crippen molar-refractivity contribution in [2.24, 2.45) is 20.5 Å². The largest absolute Gasteiger partial charge is 0.505 e. The number of nitrogens with one attached hydrogen (secondary N) is 1. The second-order valence-corrected chi connectivity index (χ2v) is 12.5. The number of non-ortho nitro benzene ring substituents is 1. The number of azo groups is 2. The molecule has 0 unspecified atom stereocenters. The Kier molecular flexibility index (Phi) is 9.50. The number of rotatable bonds is 11. The molecule has 0 saturated carbocycles. The lowest BCUT2D eigenvalue weighted by Crippen LogP contribution is -2.00. The van der Waals surface area contributed by atoms with Crippen LogP contribution in [0.25, 0.3) is 33.2 Å². The minimum absolute atomic E-state index is 0.0268. The van der Waals surface area contributed by atoms with Gasteiger partial charge in [-0.25, -0.2) is 10.2 Å². The quantitative estimate of drug-likeness (QED) is 0.0245. The molecule has 0 radical (unpaired) electrons. The van der Waals surface area contributed by atoms with Crippen molar-refractivity contribution >= 4 is 72.4 Å². The van der Waals surface area contributed by atoms with Crippen LogP contribution in [0.1, 0.15) is 5.56 Å². The predicted molar refractivity (Wildman–Crippen MR) is 180 cm³/mol. The van der Waals surface area contributed by atoms with E-state index < -0.39 is 25.6 Å². The van der Waals surface area contributed by atoms with Crippen LogP contribution >= 0.6 is 12.0 Å². The number of fused-ring (bicyclic) bond motifs is 3. The summed E-state index contributed by atoms with van der Waals surface area (Å²) in [6.45, 7) is 1.65. The fourth-order valence-corrected chi connectivity index (χ4v) is 6.10. The number of methoxy groups -OCH3 is 1. The van der Waals surface area contributed by atoms with E-state index in [9.17, 15) is 28.2 Å². The van der Waals surface area contributed by atoms with E-state index >= 15 is 0 Å². The van der Waals surface area contributed by atoms with Crippen LogP contribution < -0.4 is 4.74 Å². The fourth-order valence-electron chi connectivity index (χ4n) is 4.97. The second kappa shape index (κ2) is 14.0. The molecular formula is C31H23N7O10S2. The lowest BCUT2D eigenvalue weighted by atomic mass is 10.1. The third-order valence-corrected chi connectivity index (χ3v) is 8.84. The molecule has 1 aromatic heterocycles. The molecule has 0 saturated heterocycles. The summed E-state index contributed by atoms with van der Waals surface area (Å²) in [6, 6.07) is 20.3. The molecule has 4 N–H and O–H groups in total. The van der Waals surface area contributed by atoms with Gasteiger partial charge in [0.25, 0.3) is 15.8 Å². The number of aryl methyl sites for hydroxylation is 1. The molecule has 0 aliphatic heterocycles. The van der Waals surface area contributed by atoms with E-state index in [0.29, 0.717) is 51.3 Å². The Morgan fingerprint density at radius 2 is 1.66 bits per heavy atom. The number of benzene rings is 5. The molecule has 5 aromatic carbocycles. The maximum Gasteiger partial charge on any atom is 0.297 e. The normalized spacial score (nSPS) is 12.1. The van der Waals surface area contributed by atoms with Crippen molar-refractivity contribution in [1.29, 1.82) is 0 Å². The van der Waals surface area contributed by atoms with Gasteiger partial charge in [-0.05, 0) is 42.8 Å². The monoisotopic (exact) mass is 717 g/mol. The first-order chi connectivity index (χ1) is 24.0. The van der Waals surface area contributed by atoms with Gasteiger partial charge in [0.05, 0.1) is 45.7 Å². The number of hydrogen-bond acceptors (Lipinski definition) is 15. The van der Waals surface area contributed by atoms with Crippen molar-refractivity contribution < 1.29 is 42.4 Å². The van der Waals surface area contributed by atoms with Gasteiger partial charge in [-0.2, -0.15) is 13.5 Å². The van der Waals surface area contributed by atoms with Crippen molar-refractivity contribution in [3.05, 3.63) is 94.5 Å². The zero-order chi connectivity index (χ0) is 35.6. The van der Waals surface area contributed by atoms with Gasteiger partial charge in [0.2, 0.25) is 0 Å². The van der Waals surface area contributed by atoms with Crippen LogP contribution in [0.15, 0.2) is 109 Å². The van der Waals surface area contributed by atoms with Crippen LogP contribution in [0.3, 0.4) is 0 Å². The molecule has 0 fully saturated rings. The van der Waals surface area contributed by atoms with Crippen LogP contribution in [0.2, 0.25) is 0 Å². The standard InChI is InChI=1S/C31H23N7O10S2/c1-16-12-24(25(46-2)15-23(16)35-34-21-10-8-18(38(40)41)13-27(21)50(43,44)45)36-37-29-26(49-48-47-42)14-20-19(30(29)39)9-11-22-28(20)33-31(32-22)17-6-4-3-5-7-17/h3-15,39,42H,1-2H3,(H,32,33)(H,43,44,45)/b35-34+,37-36+. The molecule has 0 aliphatic carbocycles. The molecule has 17 nitrogen and oxygen atoms in total. The van der Waals surface area contributed by atoms with Crippen LogP contribution in [-0.2, 0) is 19.5 Å². The minimum Gasteiger partial charge on any atom is -0.505 e. The molecule has 0 aliphatic rings. The molecule has 1 heterocycles. The predicted octanol–water partition coefficient (Wildman–Crippen LogP) is 8.82. The van der Waals surface area contributed by atoms with Crippen LogP contribution in [0, 0.1) is 17.0 Å². The fraction of sp³-hybridized carbons (Fsp3) is 0.0645. The van der Waals surface area contributed by atoms with E-state index in [2.05, 4.69) is 35.5 Å². The van der Waals surface area contributed by atoms with E-state index in [4.69, 9.17) is 14.3 Å². The highest BCUT2D eigenvalue weighted by Crippen LogP contribution is 2.46. The lowest BCUT2D eigenvalue weighted by Gasteiger charge is -2.10. The number of phenolic OH excluding ortho intramolecular Hbond substituents is 1. The van der Waals surface area contributed by atoms with E-state index in [0.717, 1.165) is 17.7 Å².